The number of hydrogen-bond acceptors (Lipinski definition) is 2. The predicted octanol–water partition coefficient (Wildman–Crippen LogP) is 2.89. The smallest absolute Gasteiger partial charge is 0.255 e. The molecule has 1 heterocycles. The van der Waals surface area contributed by atoms with Crippen molar-refractivity contribution in [3.8, 4) is 0 Å². The van der Waals surface area contributed by atoms with Gasteiger partial charge in [0.25, 0.3) is 5.91 Å². The maximum atomic E-state index is 12.3. The number of aryl methyl sites for hydroxylation is 1. The molecule has 0 radical (unpaired) electrons. The number of fused-ring (bicyclic) bond motifs is 1. The molecule has 0 fully saturated rings. The summed E-state index contributed by atoms with van der Waals surface area (Å²) in [7, 11) is 0. The Morgan fingerprint density at radius 3 is 2.90 bits per heavy atom. The Balaban J connectivity index is 1.86. The zero-order valence-corrected chi connectivity index (χ0v) is 11.6. The summed E-state index contributed by atoms with van der Waals surface area (Å²) in [4.78, 5) is 12.3. The first-order valence-electron chi connectivity index (χ1n) is 6.93. The van der Waals surface area contributed by atoms with Gasteiger partial charge in [-0.05, 0) is 49.2 Å². The zero-order chi connectivity index (χ0) is 13.9. The van der Waals surface area contributed by atoms with Gasteiger partial charge in [0.15, 0.2) is 0 Å². The maximum absolute atomic E-state index is 12.3. The molecule has 0 bridgehead atoms. The van der Waals surface area contributed by atoms with E-state index in [-0.39, 0.29) is 5.91 Å². The lowest BCUT2D eigenvalue weighted by molar-refractivity contribution is 0.102. The van der Waals surface area contributed by atoms with E-state index in [0.29, 0.717) is 5.56 Å². The minimum absolute atomic E-state index is 0.0485. The van der Waals surface area contributed by atoms with Crippen molar-refractivity contribution in [3.63, 3.8) is 0 Å². The van der Waals surface area contributed by atoms with Gasteiger partial charge in [-0.1, -0.05) is 29.8 Å². The largest absolute Gasteiger partial charge is 0.322 e. The number of nitrogens with one attached hydrogen (secondary N) is 2. The van der Waals surface area contributed by atoms with Gasteiger partial charge in [-0.2, -0.15) is 0 Å². The molecule has 1 aliphatic heterocycles. The molecule has 0 unspecified atom stereocenters. The predicted molar refractivity (Wildman–Crippen MR) is 81.0 cm³/mol. The molecule has 0 saturated carbocycles. The lowest BCUT2D eigenvalue weighted by Gasteiger charge is -2.20. The summed E-state index contributed by atoms with van der Waals surface area (Å²) in [6.45, 7) is 3.81. The van der Waals surface area contributed by atoms with Crippen LogP contribution < -0.4 is 10.6 Å². The summed E-state index contributed by atoms with van der Waals surface area (Å²) in [6.07, 6.45) is 1.02. The molecule has 0 spiro atoms. The van der Waals surface area contributed by atoms with E-state index in [1.807, 2.05) is 43.3 Å². The van der Waals surface area contributed by atoms with E-state index in [9.17, 15) is 4.79 Å². The molecular weight excluding hydrogens is 248 g/mol. The molecule has 3 rings (SSSR count). The standard InChI is InChI=1S/C17H18N2O/c1-12-4-2-6-14(10-12)17(20)19-16-7-3-5-13-8-9-18-11-15(13)16/h2-7,10,18H,8-9,11H2,1H3,(H,19,20). The maximum Gasteiger partial charge on any atom is 0.255 e. The normalized spacial score (nSPS) is 13.7. The molecular formula is C17H18N2O. The van der Waals surface area contributed by atoms with Crippen molar-refractivity contribution in [2.24, 2.45) is 0 Å². The van der Waals surface area contributed by atoms with Gasteiger partial charge >= 0.3 is 0 Å². The van der Waals surface area contributed by atoms with Gasteiger partial charge in [0.2, 0.25) is 0 Å². The van der Waals surface area contributed by atoms with Crippen molar-refractivity contribution in [1.82, 2.24) is 5.32 Å². The summed E-state index contributed by atoms with van der Waals surface area (Å²) < 4.78 is 0. The average molecular weight is 266 g/mol. The number of hydrogen-bond donors (Lipinski definition) is 2. The molecule has 0 aliphatic carbocycles. The van der Waals surface area contributed by atoms with Gasteiger partial charge in [0.1, 0.15) is 0 Å². The van der Waals surface area contributed by atoms with Crippen LogP contribution in [-0.2, 0) is 13.0 Å². The lowest BCUT2D eigenvalue weighted by Crippen LogP contribution is -2.25. The highest BCUT2D eigenvalue weighted by molar-refractivity contribution is 6.04. The molecule has 1 amide bonds. The average Bonchev–Trinajstić information content (AvgIpc) is 2.47. The number of benzene rings is 2. The van der Waals surface area contributed by atoms with Crippen LogP contribution in [0.3, 0.4) is 0 Å². The number of amides is 1. The van der Waals surface area contributed by atoms with Crippen molar-refractivity contribution < 1.29 is 4.79 Å². The van der Waals surface area contributed by atoms with Crippen LogP contribution in [0.5, 0.6) is 0 Å². The molecule has 3 heteroatoms. The van der Waals surface area contributed by atoms with Crippen molar-refractivity contribution in [1.29, 1.82) is 0 Å². The lowest BCUT2D eigenvalue weighted by atomic mass is 9.99. The summed E-state index contributed by atoms with van der Waals surface area (Å²) in [5, 5.41) is 6.39. The van der Waals surface area contributed by atoms with Crippen molar-refractivity contribution in [2.75, 3.05) is 11.9 Å². The summed E-state index contributed by atoms with van der Waals surface area (Å²) in [5.74, 6) is -0.0485. The van der Waals surface area contributed by atoms with E-state index in [0.717, 1.165) is 30.8 Å². The van der Waals surface area contributed by atoms with Crippen LogP contribution in [0, 0.1) is 6.92 Å². The van der Waals surface area contributed by atoms with Gasteiger partial charge in [-0.25, -0.2) is 0 Å². The second kappa shape index (κ2) is 5.47. The molecule has 0 aromatic heterocycles. The van der Waals surface area contributed by atoms with E-state index in [1.54, 1.807) is 0 Å². The Hall–Kier alpha value is -2.13. The second-order valence-corrected chi connectivity index (χ2v) is 5.19. The number of rotatable bonds is 2. The molecule has 2 aromatic rings. The van der Waals surface area contributed by atoms with E-state index >= 15 is 0 Å². The fraction of sp³-hybridized carbons (Fsp3) is 0.235. The van der Waals surface area contributed by atoms with Crippen LogP contribution in [0.1, 0.15) is 27.0 Å². The van der Waals surface area contributed by atoms with E-state index in [4.69, 9.17) is 0 Å². The van der Waals surface area contributed by atoms with E-state index in [2.05, 4.69) is 16.7 Å². The van der Waals surface area contributed by atoms with Crippen LogP contribution in [0.25, 0.3) is 0 Å². The zero-order valence-electron chi connectivity index (χ0n) is 11.6. The quantitative estimate of drug-likeness (QED) is 0.877. The van der Waals surface area contributed by atoms with Crippen molar-refractivity contribution in [2.45, 2.75) is 19.9 Å². The van der Waals surface area contributed by atoms with Crippen LogP contribution >= 0.6 is 0 Å². The number of carbonyl (C=O) groups excluding carboxylic acids is 1. The van der Waals surface area contributed by atoms with Crippen molar-refractivity contribution in [3.05, 3.63) is 64.7 Å². The fourth-order valence-corrected chi connectivity index (χ4v) is 2.61. The molecule has 1 aliphatic rings. The Labute approximate surface area is 119 Å². The SMILES string of the molecule is Cc1cccc(C(=O)Nc2cccc3c2CNCC3)c1. The van der Waals surface area contributed by atoms with E-state index in [1.165, 1.54) is 11.1 Å². The molecule has 20 heavy (non-hydrogen) atoms. The second-order valence-electron chi connectivity index (χ2n) is 5.19. The Bertz CT molecular complexity index is 649. The minimum Gasteiger partial charge on any atom is -0.322 e. The fourth-order valence-electron chi connectivity index (χ4n) is 2.61. The van der Waals surface area contributed by atoms with Gasteiger partial charge in [0, 0.05) is 17.8 Å². The minimum atomic E-state index is -0.0485. The third kappa shape index (κ3) is 2.58. The van der Waals surface area contributed by atoms with Gasteiger partial charge in [-0.15, -0.1) is 0 Å². The highest BCUT2D eigenvalue weighted by Crippen LogP contribution is 2.23. The monoisotopic (exact) mass is 266 g/mol. The van der Waals surface area contributed by atoms with Crippen LogP contribution in [0.2, 0.25) is 0 Å². The van der Waals surface area contributed by atoms with Crippen LogP contribution in [-0.4, -0.2) is 12.5 Å². The summed E-state index contributed by atoms with van der Waals surface area (Å²) in [5.41, 5.74) is 5.24. The topological polar surface area (TPSA) is 41.1 Å². The molecule has 2 aromatic carbocycles. The summed E-state index contributed by atoms with van der Waals surface area (Å²) >= 11 is 0. The highest BCUT2D eigenvalue weighted by atomic mass is 16.1. The van der Waals surface area contributed by atoms with Crippen molar-refractivity contribution >= 4 is 11.6 Å². The molecule has 3 nitrogen and oxygen atoms in total. The number of anilines is 1. The highest BCUT2D eigenvalue weighted by Gasteiger charge is 2.14. The molecule has 102 valence electrons. The Morgan fingerprint density at radius 2 is 2.05 bits per heavy atom. The van der Waals surface area contributed by atoms with Crippen LogP contribution in [0.4, 0.5) is 5.69 Å². The first kappa shape index (κ1) is 12.9. The van der Waals surface area contributed by atoms with E-state index < -0.39 is 0 Å². The Kier molecular flexibility index (Phi) is 3.52. The third-order valence-corrected chi connectivity index (χ3v) is 3.67. The number of carbonyl (C=O) groups is 1. The van der Waals surface area contributed by atoms with Gasteiger partial charge in [0.05, 0.1) is 0 Å². The molecule has 0 atom stereocenters. The van der Waals surface area contributed by atoms with Gasteiger partial charge < -0.3 is 10.6 Å². The van der Waals surface area contributed by atoms with Gasteiger partial charge in [-0.3, -0.25) is 4.79 Å². The molecule has 0 saturated heterocycles. The van der Waals surface area contributed by atoms with Crippen LogP contribution in [0.15, 0.2) is 42.5 Å². The first-order valence-corrected chi connectivity index (χ1v) is 6.93. The third-order valence-electron chi connectivity index (χ3n) is 3.67. The summed E-state index contributed by atoms with van der Waals surface area (Å²) in [6, 6.07) is 13.8. The first-order chi connectivity index (χ1) is 9.74. The molecule has 2 N–H and O–H groups in total. The Morgan fingerprint density at radius 1 is 1.20 bits per heavy atom.